The van der Waals surface area contributed by atoms with Gasteiger partial charge in [0, 0.05) is 60.7 Å². The number of piperidine rings is 1. The largest absolute Gasteiger partial charge is 0.341 e. The van der Waals surface area contributed by atoms with Crippen molar-refractivity contribution < 1.29 is 4.79 Å². The van der Waals surface area contributed by atoms with E-state index in [9.17, 15) is 10.1 Å². The Labute approximate surface area is 186 Å². The number of likely N-dealkylation sites (tertiary alicyclic amines) is 1. The fourth-order valence-electron chi connectivity index (χ4n) is 3.92. The van der Waals surface area contributed by atoms with Crippen molar-refractivity contribution in [3.8, 4) is 17.2 Å². The second-order valence-electron chi connectivity index (χ2n) is 8.18. The minimum atomic E-state index is 0.119. The first-order valence-electron chi connectivity index (χ1n) is 10.5. The van der Waals surface area contributed by atoms with Crippen molar-refractivity contribution in [1.29, 1.82) is 5.26 Å². The number of hydrogen-bond acceptors (Lipinski definition) is 6. The lowest BCUT2D eigenvalue weighted by molar-refractivity contribution is -0.130. The number of carbonyl (C=O) groups excluding carboxylic acids is 1. The lowest BCUT2D eigenvalue weighted by Crippen LogP contribution is -2.39. The molecule has 4 heterocycles. The highest BCUT2D eigenvalue weighted by molar-refractivity contribution is 7.99. The molecule has 162 valence electrons. The van der Waals surface area contributed by atoms with E-state index in [0.29, 0.717) is 12.1 Å². The van der Waals surface area contributed by atoms with Crippen LogP contribution in [0.15, 0.2) is 35.7 Å². The lowest BCUT2D eigenvalue weighted by atomic mass is 10.1. The zero-order chi connectivity index (χ0) is 22.0. The number of fused-ring (bicyclic) bond motifs is 1. The summed E-state index contributed by atoms with van der Waals surface area (Å²) in [6, 6.07) is 4.57. The second-order valence-corrected chi connectivity index (χ2v) is 9.31. The van der Waals surface area contributed by atoms with Gasteiger partial charge in [-0.25, -0.2) is 4.52 Å². The van der Waals surface area contributed by atoms with E-state index in [1.807, 2.05) is 22.0 Å². The molecule has 1 aliphatic rings. The van der Waals surface area contributed by atoms with Crippen molar-refractivity contribution in [1.82, 2.24) is 29.2 Å². The van der Waals surface area contributed by atoms with Gasteiger partial charge < -0.3 is 9.80 Å². The van der Waals surface area contributed by atoms with Gasteiger partial charge in [-0.3, -0.25) is 9.48 Å². The van der Waals surface area contributed by atoms with Crippen LogP contribution in [0.1, 0.15) is 31.4 Å². The van der Waals surface area contributed by atoms with Crippen LogP contribution in [0.25, 0.3) is 16.6 Å². The molecule has 0 bridgehead atoms. The van der Waals surface area contributed by atoms with Gasteiger partial charge in [-0.05, 0) is 33.0 Å². The van der Waals surface area contributed by atoms with Crippen molar-refractivity contribution >= 4 is 23.2 Å². The SMILES string of the molecule is CC(=O)N1CCC[C@H](n2cc(-c3cc(SCCN(C)C)c4c(C#N)cnn4c3)cn2)C1. The number of hydrogen-bond donors (Lipinski definition) is 0. The summed E-state index contributed by atoms with van der Waals surface area (Å²) in [7, 11) is 4.11. The number of aromatic nitrogens is 4. The third kappa shape index (κ3) is 4.60. The minimum Gasteiger partial charge on any atom is -0.341 e. The highest BCUT2D eigenvalue weighted by Crippen LogP contribution is 2.32. The van der Waals surface area contributed by atoms with Crippen molar-refractivity contribution in [3.05, 3.63) is 36.4 Å². The Morgan fingerprint density at radius 2 is 2.13 bits per heavy atom. The fraction of sp³-hybridized carbons (Fsp3) is 0.455. The van der Waals surface area contributed by atoms with Gasteiger partial charge in [0.2, 0.25) is 5.91 Å². The molecule has 0 spiro atoms. The summed E-state index contributed by atoms with van der Waals surface area (Å²) < 4.78 is 3.78. The molecular formula is C22H27N7OS. The molecule has 1 fully saturated rings. The Balaban J connectivity index is 1.64. The van der Waals surface area contributed by atoms with Crippen LogP contribution in [0.4, 0.5) is 0 Å². The Bertz CT molecular complexity index is 1130. The molecular weight excluding hydrogens is 410 g/mol. The number of carbonyl (C=O) groups is 1. The maximum atomic E-state index is 11.8. The predicted octanol–water partition coefficient (Wildman–Crippen LogP) is 2.91. The quantitative estimate of drug-likeness (QED) is 0.552. The maximum Gasteiger partial charge on any atom is 0.219 e. The smallest absolute Gasteiger partial charge is 0.219 e. The maximum absolute atomic E-state index is 11.8. The van der Waals surface area contributed by atoms with E-state index < -0.39 is 0 Å². The summed E-state index contributed by atoms with van der Waals surface area (Å²) in [5.74, 6) is 1.04. The second kappa shape index (κ2) is 9.12. The van der Waals surface area contributed by atoms with Gasteiger partial charge in [-0.15, -0.1) is 11.8 Å². The van der Waals surface area contributed by atoms with Crippen molar-refractivity contribution in [2.75, 3.05) is 39.5 Å². The first-order chi connectivity index (χ1) is 15.0. The van der Waals surface area contributed by atoms with Gasteiger partial charge in [0.1, 0.15) is 6.07 Å². The zero-order valence-corrected chi connectivity index (χ0v) is 19.0. The van der Waals surface area contributed by atoms with E-state index in [-0.39, 0.29) is 11.9 Å². The molecule has 9 heteroatoms. The van der Waals surface area contributed by atoms with E-state index in [4.69, 9.17) is 0 Å². The van der Waals surface area contributed by atoms with Crippen LogP contribution in [0.5, 0.6) is 0 Å². The minimum absolute atomic E-state index is 0.119. The molecule has 8 nitrogen and oxygen atoms in total. The molecule has 0 unspecified atom stereocenters. The van der Waals surface area contributed by atoms with Crippen LogP contribution in [0.2, 0.25) is 0 Å². The molecule has 0 radical (unpaired) electrons. The Hall–Kier alpha value is -2.83. The summed E-state index contributed by atoms with van der Waals surface area (Å²) in [6.45, 7) is 4.10. The van der Waals surface area contributed by atoms with E-state index >= 15 is 0 Å². The number of amides is 1. The van der Waals surface area contributed by atoms with Crippen LogP contribution in [0.3, 0.4) is 0 Å². The van der Waals surface area contributed by atoms with Gasteiger partial charge in [-0.1, -0.05) is 0 Å². The van der Waals surface area contributed by atoms with E-state index in [2.05, 4.69) is 47.5 Å². The van der Waals surface area contributed by atoms with Crippen LogP contribution in [-0.2, 0) is 4.79 Å². The molecule has 31 heavy (non-hydrogen) atoms. The molecule has 0 aromatic carbocycles. The Kier molecular flexibility index (Phi) is 6.30. The van der Waals surface area contributed by atoms with Crippen LogP contribution < -0.4 is 0 Å². The standard InChI is InChI=1S/C22H27N7OS/c1-16(30)27-6-4-5-20(15-27)28-14-19(12-24-28)17-9-21(31-8-7-26(2)3)22-18(10-23)11-25-29(22)13-17/h9,11-14,20H,4-8,15H2,1-3H3/t20-/m0/s1. The van der Waals surface area contributed by atoms with Gasteiger partial charge in [0.25, 0.3) is 0 Å². The normalized spacial score (nSPS) is 16.7. The van der Waals surface area contributed by atoms with Gasteiger partial charge >= 0.3 is 0 Å². The van der Waals surface area contributed by atoms with E-state index in [0.717, 1.165) is 53.2 Å². The number of nitrogens with zero attached hydrogens (tertiary/aromatic N) is 7. The first-order valence-corrected chi connectivity index (χ1v) is 11.4. The van der Waals surface area contributed by atoms with Crippen molar-refractivity contribution in [2.24, 2.45) is 0 Å². The van der Waals surface area contributed by atoms with Gasteiger partial charge in [0.05, 0.1) is 29.5 Å². The summed E-state index contributed by atoms with van der Waals surface area (Å²) in [5.41, 5.74) is 3.45. The number of thioether (sulfide) groups is 1. The number of nitriles is 1. The number of rotatable bonds is 6. The molecule has 1 aliphatic heterocycles. The first kappa shape index (κ1) is 21.4. The molecule has 0 N–H and O–H groups in total. The molecule has 1 atom stereocenters. The summed E-state index contributed by atoms with van der Waals surface area (Å²) in [4.78, 5) is 16.9. The Morgan fingerprint density at radius 1 is 1.29 bits per heavy atom. The summed E-state index contributed by atoms with van der Waals surface area (Å²) in [5, 5.41) is 18.5. The molecule has 0 saturated carbocycles. The fourth-order valence-corrected chi connectivity index (χ4v) is 5.14. The molecule has 1 saturated heterocycles. The summed E-state index contributed by atoms with van der Waals surface area (Å²) in [6.07, 6.45) is 9.50. The topological polar surface area (TPSA) is 82.5 Å². The third-order valence-electron chi connectivity index (χ3n) is 5.64. The summed E-state index contributed by atoms with van der Waals surface area (Å²) >= 11 is 1.73. The third-order valence-corrected chi connectivity index (χ3v) is 6.65. The molecule has 3 aromatic rings. The monoisotopic (exact) mass is 437 g/mol. The van der Waals surface area contributed by atoms with Crippen LogP contribution in [0, 0.1) is 11.3 Å². The number of pyridine rings is 1. The lowest BCUT2D eigenvalue weighted by Gasteiger charge is -2.32. The average Bonchev–Trinajstić information content (AvgIpc) is 3.41. The highest BCUT2D eigenvalue weighted by atomic mass is 32.2. The van der Waals surface area contributed by atoms with E-state index in [1.54, 1.807) is 29.4 Å². The Morgan fingerprint density at radius 3 is 2.87 bits per heavy atom. The molecule has 4 rings (SSSR count). The molecule has 1 amide bonds. The zero-order valence-electron chi connectivity index (χ0n) is 18.2. The van der Waals surface area contributed by atoms with E-state index in [1.165, 1.54) is 0 Å². The predicted molar refractivity (Wildman–Crippen MR) is 121 cm³/mol. The van der Waals surface area contributed by atoms with Gasteiger partial charge in [-0.2, -0.15) is 15.5 Å². The van der Waals surface area contributed by atoms with Crippen LogP contribution in [-0.4, -0.2) is 74.6 Å². The highest BCUT2D eigenvalue weighted by Gasteiger charge is 2.23. The molecule has 0 aliphatic carbocycles. The van der Waals surface area contributed by atoms with Crippen LogP contribution >= 0.6 is 11.8 Å². The van der Waals surface area contributed by atoms with Gasteiger partial charge in [0.15, 0.2) is 0 Å². The van der Waals surface area contributed by atoms with Crippen molar-refractivity contribution in [3.63, 3.8) is 0 Å². The molecule has 3 aromatic heterocycles. The average molecular weight is 438 g/mol. The van der Waals surface area contributed by atoms with Crippen molar-refractivity contribution in [2.45, 2.75) is 30.7 Å².